The van der Waals surface area contributed by atoms with Crippen LogP contribution in [0.1, 0.15) is 29.0 Å². The molecule has 4 rings (SSSR count). The normalized spacial score (nSPS) is 14.1. The van der Waals surface area contributed by atoms with Crippen molar-refractivity contribution in [1.29, 1.82) is 0 Å². The van der Waals surface area contributed by atoms with E-state index >= 15 is 0 Å². The smallest absolute Gasteiger partial charge is 0.320 e. The van der Waals surface area contributed by atoms with Gasteiger partial charge in [0, 0.05) is 57.4 Å². The summed E-state index contributed by atoms with van der Waals surface area (Å²) in [7, 11) is 2.17. The third kappa shape index (κ3) is 8.73. The molecule has 0 atom stereocenters. The fourth-order valence-electron chi connectivity index (χ4n) is 4.92. The Balaban J connectivity index is 0.00000400. The summed E-state index contributed by atoms with van der Waals surface area (Å²) in [5.74, 6) is 0.211. The summed E-state index contributed by atoms with van der Waals surface area (Å²) in [6, 6.07) is 29.1. The van der Waals surface area contributed by atoms with E-state index < -0.39 is 0 Å². The van der Waals surface area contributed by atoms with E-state index in [0.717, 1.165) is 50.4 Å². The Labute approximate surface area is 234 Å². The predicted octanol–water partition coefficient (Wildman–Crippen LogP) is 6.28. The van der Waals surface area contributed by atoms with Crippen LogP contribution in [0.25, 0.3) is 0 Å². The molecule has 0 spiro atoms. The van der Waals surface area contributed by atoms with Crippen LogP contribution >= 0.6 is 12.4 Å². The molecule has 1 N–H and O–H groups in total. The summed E-state index contributed by atoms with van der Waals surface area (Å²) >= 11 is 0. The number of amides is 2. The number of hydrogen-bond donors (Lipinski definition) is 1. The molecule has 2 amide bonds. The number of halogens is 1. The first-order chi connectivity index (χ1) is 18.0. The summed E-state index contributed by atoms with van der Waals surface area (Å²) < 4.78 is 0. The van der Waals surface area contributed by atoms with Gasteiger partial charge in [-0.05, 0) is 49.2 Å². The average molecular weight is 533 g/mol. The van der Waals surface area contributed by atoms with E-state index in [0.29, 0.717) is 13.1 Å². The van der Waals surface area contributed by atoms with Gasteiger partial charge in [0.2, 0.25) is 0 Å². The van der Waals surface area contributed by atoms with Gasteiger partial charge in [-0.3, -0.25) is 4.90 Å². The number of carbonyl (C=O) groups is 1. The maximum atomic E-state index is 13.5. The van der Waals surface area contributed by atoms with Crippen LogP contribution in [0.4, 0.5) is 10.5 Å². The quantitative estimate of drug-likeness (QED) is 0.312. The summed E-state index contributed by atoms with van der Waals surface area (Å²) in [6.45, 7) is 12.6. The number of hydrogen-bond acceptors (Lipinski definition) is 3. The molecule has 38 heavy (non-hydrogen) atoms. The molecule has 0 bridgehead atoms. The Bertz CT molecular complexity index is 1090. The molecular weight excluding hydrogens is 492 g/mol. The van der Waals surface area contributed by atoms with E-state index in [-0.39, 0.29) is 24.4 Å². The number of nitrogens with one attached hydrogen (secondary N) is 1. The zero-order chi connectivity index (χ0) is 26.0. The third-order valence-corrected chi connectivity index (χ3v) is 7.14. The monoisotopic (exact) mass is 532 g/mol. The number of piperazine rings is 1. The fraction of sp³-hybridized carbons (Fsp3) is 0.344. The van der Waals surface area contributed by atoms with Gasteiger partial charge < -0.3 is 15.1 Å². The minimum atomic E-state index is -0.0803. The molecule has 0 radical (unpaired) electrons. The van der Waals surface area contributed by atoms with Crippen molar-refractivity contribution in [3.63, 3.8) is 0 Å². The number of benzene rings is 3. The van der Waals surface area contributed by atoms with Crippen LogP contribution in [-0.2, 0) is 0 Å². The molecule has 1 aliphatic heterocycles. The van der Waals surface area contributed by atoms with Gasteiger partial charge in [-0.25, -0.2) is 4.79 Å². The molecule has 0 saturated carbocycles. The van der Waals surface area contributed by atoms with Gasteiger partial charge in [0.1, 0.15) is 0 Å². The number of likely N-dealkylation sites (N-methyl/N-ethyl adjacent to an activating group) is 1. The molecular formula is C32H41ClN4O. The highest BCUT2D eigenvalue weighted by Crippen LogP contribution is 2.28. The zero-order valence-electron chi connectivity index (χ0n) is 22.7. The number of urea groups is 1. The lowest BCUT2D eigenvalue weighted by Crippen LogP contribution is -2.46. The van der Waals surface area contributed by atoms with E-state index in [9.17, 15) is 4.79 Å². The summed E-state index contributed by atoms with van der Waals surface area (Å²) in [6.07, 6.45) is 0.830. The van der Waals surface area contributed by atoms with Crippen molar-refractivity contribution in [2.24, 2.45) is 0 Å². The fourth-order valence-corrected chi connectivity index (χ4v) is 4.92. The van der Waals surface area contributed by atoms with Gasteiger partial charge in [-0.2, -0.15) is 0 Å². The third-order valence-electron chi connectivity index (χ3n) is 7.14. The molecule has 1 saturated heterocycles. The molecule has 1 heterocycles. The average Bonchev–Trinajstić information content (AvgIpc) is 2.92. The van der Waals surface area contributed by atoms with Crippen LogP contribution in [0.15, 0.2) is 97.1 Å². The van der Waals surface area contributed by atoms with Gasteiger partial charge in [0.25, 0.3) is 0 Å². The van der Waals surface area contributed by atoms with Crippen LogP contribution in [0.3, 0.4) is 0 Å². The molecule has 3 aromatic rings. The molecule has 0 unspecified atom stereocenters. The van der Waals surface area contributed by atoms with Crippen molar-refractivity contribution >= 4 is 24.1 Å². The minimum Gasteiger partial charge on any atom is -0.320 e. The predicted molar refractivity (Wildman–Crippen MR) is 161 cm³/mol. The first-order valence-electron chi connectivity index (χ1n) is 13.3. The summed E-state index contributed by atoms with van der Waals surface area (Å²) in [5, 5.41) is 3.11. The summed E-state index contributed by atoms with van der Waals surface area (Å²) in [5.41, 5.74) is 5.59. The molecule has 6 heteroatoms. The van der Waals surface area contributed by atoms with E-state index in [1.54, 1.807) is 0 Å². The number of aryl methyl sites for hydroxylation is 1. The van der Waals surface area contributed by atoms with Crippen molar-refractivity contribution in [1.82, 2.24) is 14.7 Å². The molecule has 1 aliphatic rings. The topological polar surface area (TPSA) is 38.8 Å². The number of carbonyl (C=O) groups excluding carboxylic acids is 1. The maximum absolute atomic E-state index is 13.5. The van der Waals surface area contributed by atoms with Crippen LogP contribution < -0.4 is 5.32 Å². The highest BCUT2D eigenvalue weighted by Gasteiger charge is 2.21. The second kappa shape index (κ2) is 14.7. The van der Waals surface area contributed by atoms with Gasteiger partial charge in [-0.15, -0.1) is 12.4 Å². The SMILES string of the molecule is C=C(CN1CCN(C)CC1)CN(CCC(c1ccccc1)c1ccccc1)C(=O)Nc1ccc(C)cc1.Cl. The molecule has 5 nitrogen and oxygen atoms in total. The van der Waals surface area contributed by atoms with Gasteiger partial charge >= 0.3 is 6.03 Å². The maximum Gasteiger partial charge on any atom is 0.322 e. The van der Waals surface area contributed by atoms with Crippen molar-refractivity contribution in [2.75, 3.05) is 58.2 Å². The van der Waals surface area contributed by atoms with Crippen molar-refractivity contribution in [2.45, 2.75) is 19.3 Å². The second-order valence-corrected chi connectivity index (χ2v) is 10.2. The molecule has 3 aromatic carbocycles. The Morgan fingerprint density at radius 2 is 1.45 bits per heavy atom. The Hall–Kier alpha value is -3.12. The van der Waals surface area contributed by atoms with Crippen molar-refractivity contribution < 1.29 is 4.79 Å². The standard InChI is InChI=1S/C32H40N4O.ClH/c1-26-14-16-30(17-15-26)33-32(37)36(25-27(2)24-35-22-20-34(3)21-23-35)19-18-31(28-10-6-4-7-11-28)29-12-8-5-9-13-29;/h4-17,31H,2,18-25H2,1,3H3,(H,33,37);1H. The van der Waals surface area contributed by atoms with Gasteiger partial charge in [0.15, 0.2) is 0 Å². The first kappa shape index (κ1) is 29.4. The number of nitrogens with zero attached hydrogens (tertiary/aromatic N) is 3. The zero-order valence-corrected chi connectivity index (χ0v) is 23.5. The van der Waals surface area contributed by atoms with E-state index in [4.69, 9.17) is 0 Å². The highest BCUT2D eigenvalue weighted by molar-refractivity contribution is 5.89. The van der Waals surface area contributed by atoms with Gasteiger partial charge in [0.05, 0.1) is 0 Å². The molecule has 202 valence electrons. The van der Waals surface area contributed by atoms with Crippen LogP contribution in [-0.4, -0.2) is 73.6 Å². The first-order valence-corrected chi connectivity index (χ1v) is 13.3. The number of rotatable bonds is 10. The van der Waals surface area contributed by atoms with Crippen molar-refractivity contribution in [3.8, 4) is 0 Å². The number of anilines is 1. The molecule has 1 fully saturated rings. The van der Waals surface area contributed by atoms with E-state index in [1.165, 1.54) is 16.7 Å². The lowest BCUT2D eigenvalue weighted by atomic mass is 9.88. The van der Waals surface area contributed by atoms with Gasteiger partial charge in [-0.1, -0.05) is 84.9 Å². The molecule has 0 aliphatic carbocycles. The van der Waals surface area contributed by atoms with Crippen LogP contribution in [0.5, 0.6) is 0 Å². The second-order valence-electron chi connectivity index (χ2n) is 10.2. The lowest BCUT2D eigenvalue weighted by molar-refractivity contribution is 0.161. The van der Waals surface area contributed by atoms with Crippen molar-refractivity contribution in [3.05, 3.63) is 114 Å². The highest BCUT2D eigenvalue weighted by atomic mass is 35.5. The van der Waals surface area contributed by atoms with E-state index in [2.05, 4.69) is 89.4 Å². The van der Waals surface area contributed by atoms with Crippen LogP contribution in [0, 0.1) is 6.92 Å². The van der Waals surface area contributed by atoms with Crippen LogP contribution in [0.2, 0.25) is 0 Å². The Morgan fingerprint density at radius 3 is 2.00 bits per heavy atom. The minimum absolute atomic E-state index is 0. The Kier molecular flexibility index (Phi) is 11.4. The largest absolute Gasteiger partial charge is 0.322 e. The Morgan fingerprint density at radius 1 is 0.895 bits per heavy atom. The lowest BCUT2D eigenvalue weighted by Gasteiger charge is -2.34. The van der Waals surface area contributed by atoms with E-state index in [1.807, 2.05) is 36.1 Å². The summed E-state index contributed by atoms with van der Waals surface area (Å²) in [4.78, 5) is 20.2. The molecule has 0 aromatic heterocycles.